The minimum Gasteiger partial charge on any atom is -0.316 e. The summed E-state index contributed by atoms with van der Waals surface area (Å²) in [6.07, 6.45) is 9.16. The van der Waals surface area contributed by atoms with Crippen LogP contribution in [0.2, 0.25) is 0 Å². The summed E-state index contributed by atoms with van der Waals surface area (Å²) in [6, 6.07) is 7.06. The summed E-state index contributed by atoms with van der Waals surface area (Å²) in [5.74, 6) is 0.853. The third-order valence-electron chi connectivity index (χ3n) is 3.98. The fraction of sp³-hybridized carbons (Fsp3) is 0.625. The molecule has 2 rings (SSSR count). The highest BCUT2D eigenvalue weighted by Gasteiger charge is 2.12. The summed E-state index contributed by atoms with van der Waals surface area (Å²) in [5.41, 5.74) is 0.822. The first-order valence-corrected chi connectivity index (χ1v) is 7.30. The lowest BCUT2D eigenvalue weighted by atomic mass is 9.87. The van der Waals surface area contributed by atoms with Gasteiger partial charge in [-0.2, -0.15) is 0 Å². The molecule has 1 saturated carbocycles. The molecule has 1 fully saturated rings. The van der Waals surface area contributed by atoms with Gasteiger partial charge >= 0.3 is 0 Å². The maximum atomic E-state index is 13.4. The van der Waals surface area contributed by atoms with Crippen LogP contribution in [0.1, 0.15) is 44.1 Å². The van der Waals surface area contributed by atoms with Crippen LogP contribution in [0.15, 0.2) is 24.3 Å². The average molecular weight is 249 g/mol. The SMILES string of the molecule is Fc1ccccc1CCNCCC1CCCCC1. The first-order chi connectivity index (χ1) is 8.86. The van der Waals surface area contributed by atoms with E-state index in [9.17, 15) is 4.39 Å². The lowest BCUT2D eigenvalue weighted by molar-refractivity contribution is 0.334. The molecule has 1 N–H and O–H groups in total. The molecule has 0 saturated heterocycles. The van der Waals surface area contributed by atoms with Crippen molar-refractivity contribution in [2.75, 3.05) is 13.1 Å². The Labute approximate surface area is 110 Å². The van der Waals surface area contributed by atoms with Crippen molar-refractivity contribution in [1.82, 2.24) is 5.32 Å². The number of nitrogens with one attached hydrogen (secondary N) is 1. The maximum absolute atomic E-state index is 13.4. The number of rotatable bonds is 6. The minimum atomic E-state index is -0.0772. The lowest BCUT2D eigenvalue weighted by Crippen LogP contribution is -2.22. The summed E-state index contributed by atoms with van der Waals surface area (Å²) in [7, 11) is 0. The van der Waals surface area contributed by atoms with E-state index in [0.29, 0.717) is 0 Å². The molecule has 0 aromatic heterocycles. The van der Waals surface area contributed by atoms with Crippen molar-refractivity contribution in [1.29, 1.82) is 0 Å². The van der Waals surface area contributed by atoms with Gasteiger partial charge in [0.2, 0.25) is 0 Å². The third kappa shape index (κ3) is 4.41. The van der Waals surface area contributed by atoms with E-state index in [0.717, 1.165) is 31.0 Å². The van der Waals surface area contributed by atoms with Gasteiger partial charge in [0.1, 0.15) is 5.82 Å². The molecule has 1 aromatic carbocycles. The molecule has 0 spiro atoms. The molecule has 1 aliphatic rings. The first-order valence-electron chi connectivity index (χ1n) is 7.30. The van der Waals surface area contributed by atoms with Crippen molar-refractivity contribution in [3.8, 4) is 0 Å². The van der Waals surface area contributed by atoms with E-state index < -0.39 is 0 Å². The molecule has 0 heterocycles. The Morgan fingerprint density at radius 2 is 1.83 bits per heavy atom. The van der Waals surface area contributed by atoms with Crippen LogP contribution >= 0.6 is 0 Å². The van der Waals surface area contributed by atoms with Gasteiger partial charge in [-0.05, 0) is 43.5 Å². The second-order valence-corrected chi connectivity index (χ2v) is 5.38. The number of benzene rings is 1. The summed E-state index contributed by atoms with van der Waals surface area (Å²) >= 11 is 0. The smallest absolute Gasteiger partial charge is 0.126 e. The number of hydrogen-bond acceptors (Lipinski definition) is 1. The van der Waals surface area contributed by atoms with Crippen LogP contribution < -0.4 is 5.32 Å². The Morgan fingerprint density at radius 3 is 2.61 bits per heavy atom. The van der Waals surface area contributed by atoms with Crippen LogP contribution in [0.4, 0.5) is 4.39 Å². The first kappa shape index (κ1) is 13.5. The van der Waals surface area contributed by atoms with Crippen LogP contribution in [0.5, 0.6) is 0 Å². The van der Waals surface area contributed by atoms with E-state index >= 15 is 0 Å². The van der Waals surface area contributed by atoms with Gasteiger partial charge in [0, 0.05) is 0 Å². The van der Waals surface area contributed by atoms with Gasteiger partial charge in [0.15, 0.2) is 0 Å². The molecule has 1 aromatic rings. The van der Waals surface area contributed by atoms with Gasteiger partial charge in [0.25, 0.3) is 0 Å². The molecule has 1 nitrogen and oxygen atoms in total. The molecule has 0 amide bonds. The zero-order valence-electron chi connectivity index (χ0n) is 11.1. The number of halogens is 1. The van der Waals surface area contributed by atoms with Crippen molar-refractivity contribution in [2.45, 2.75) is 44.9 Å². The molecule has 18 heavy (non-hydrogen) atoms. The van der Waals surface area contributed by atoms with Gasteiger partial charge in [0.05, 0.1) is 0 Å². The highest BCUT2D eigenvalue weighted by atomic mass is 19.1. The Bertz CT molecular complexity index is 345. The van der Waals surface area contributed by atoms with Crippen LogP contribution in [0, 0.1) is 11.7 Å². The minimum absolute atomic E-state index is 0.0772. The fourth-order valence-corrected chi connectivity index (χ4v) is 2.83. The standard InChI is InChI=1S/C16H24FN/c17-16-9-5-4-8-15(16)11-13-18-12-10-14-6-2-1-3-7-14/h4-5,8-9,14,18H,1-3,6-7,10-13H2. The maximum Gasteiger partial charge on any atom is 0.126 e. The van der Waals surface area contributed by atoms with Crippen molar-refractivity contribution in [2.24, 2.45) is 5.92 Å². The highest BCUT2D eigenvalue weighted by molar-refractivity contribution is 5.17. The van der Waals surface area contributed by atoms with Crippen molar-refractivity contribution < 1.29 is 4.39 Å². The molecule has 1 aliphatic carbocycles. The topological polar surface area (TPSA) is 12.0 Å². The van der Waals surface area contributed by atoms with E-state index in [1.807, 2.05) is 12.1 Å². The van der Waals surface area contributed by atoms with Crippen molar-refractivity contribution in [3.05, 3.63) is 35.6 Å². The van der Waals surface area contributed by atoms with Crippen molar-refractivity contribution >= 4 is 0 Å². The monoisotopic (exact) mass is 249 g/mol. The van der Waals surface area contributed by atoms with Crippen molar-refractivity contribution in [3.63, 3.8) is 0 Å². The molecule has 100 valence electrons. The summed E-state index contributed by atoms with van der Waals surface area (Å²) in [5, 5.41) is 3.44. The number of hydrogen-bond donors (Lipinski definition) is 1. The molecular formula is C16H24FN. The Kier molecular flexibility index (Phi) is 5.66. The zero-order chi connectivity index (χ0) is 12.6. The van der Waals surface area contributed by atoms with Gasteiger partial charge in [-0.15, -0.1) is 0 Å². The fourth-order valence-electron chi connectivity index (χ4n) is 2.83. The molecular weight excluding hydrogens is 225 g/mol. The average Bonchev–Trinajstić information content (AvgIpc) is 2.42. The molecule has 0 atom stereocenters. The predicted molar refractivity (Wildman–Crippen MR) is 74.2 cm³/mol. The van der Waals surface area contributed by atoms with E-state index in [1.165, 1.54) is 44.6 Å². The van der Waals surface area contributed by atoms with Gasteiger partial charge in [-0.3, -0.25) is 0 Å². The summed E-state index contributed by atoms with van der Waals surface area (Å²) in [6.45, 7) is 1.97. The Hall–Kier alpha value is -0.890. The Morgan fingerprint density at radius 1 is 1.06 bits per heavy atom. The predicted octanol–water partition coefficient (Wildman–Crippen LogP) is 3.93. The second kappa shape index (κ2) is 7.52. The van der Waals surface area contributed by atoms with Crippen LogP contribution in [-0.2, 0) is 6.42 Å². The van der Waals surface area contributed by atoms with Crippen LogP contribution in [-0.4, -0.2) is 13.1 Å². The highest BCUT2D eigenvalue weighted by Crippen LogP contribution is 2.25. The molecule has 0 radical (unpaired) electrons. The van der Waals surface area contributed by atoms with Gasteiger partial charge in [-0.1, -0.05) is 50.3 Å². The summed E-state index contributed by atoms with van der Waals surface area (Å²) in [4.78, 5) is 0. The van der Waals surface area contributed by atoms with E-state index in [-0.39, 0.29) is 5.82 Å². The largest absolute Gasteiger partial charge is 0.316 e. The second-order valence-electron chi connectivity index (χ2n) is 5.38. The lowest BCUT2D eigenvalue weighted by Gasteiger charge is -2.21. The molecule has 0 bridgehead atoms. The summed E-state index contributed by atoms with van der Waals surface area (Å²) < 4.78 is 13.4. The van der Waals surface area contributed by atoms with E-state index in [1.54, 1.807) is 6.07 Å². The molecule has 0 aliphatic heterocycles. The molecule has 0 unspecified atom stereocenters. The third-order valence-corrected chi connectivity index (χ3v) is 3.98. The van der Waals surface area contributed by atoms with E-state index in [4.69, 9.17) is 0 Å². The molecule has 2 heteroatoms. The normalized spacial score (nSPS) is 16.9. The van der Waals surface area contributed by atoms with Gasteiger partial charge < -0.3 is 5.32 Å². The van der Waals surface area contributed by atoms with Crippen LogP contribution in [0.3, 0.4) is 0 Å². The zero-order valence-corrected chi connectivity index (χ0v) is 11.1. The van der Waals surface area contributed by atoms with Gasteiger partial charge in [-0.25, -0.2) is 4.39 Å². The Balaban J connectivity index is 1.57. The van der Waals surface area contributed by atoms with E-state index in [2.05, 4.69) is 5.32 Å². The quantitative estimate of drug-likeness (QED) is 0.753. The van der Waals surface area contributed by atoms with Crippen LogP contribution in [0.25, 0.3) is 0 Å².